The zero-order chi connectivity index (χ0) is 13.8. The second-order valence-electron chi connectivity index (χ2n) is 5.08. The SMILES string of the molecule is CCNC(C)C(CC)c1nnc(C)c2ccccc12. The van der Waals surface area contributed by atoms with Crippen molar-refractivity contribution >= 4 is 10.8 Å². The Bertz CT molecular complexity index is 551. The van der Waals surface area contributed by atoms with Gasteiger partial charge in [-0.05, 0) is 26.8 Å². The Labute approximate surface area is 115 Å². The molecule has 0 spiro atoms. The van der Waals surface area contributed by atoms with E-state index in [4.69, 9.17) is 0 Å². The number of likely N-dealkylation sites (N-methyl/N-ethyl adjacent to an activating group) is 1. The summed E-state index contributed by atoms with van der Waals surface area (Å²) in [5, 5.41) is 14.8. The van der Waals surface area contributed by atoms with Crippen LogP contribution in [-0.2, 0) is 0 Å². The van der Waals surface area contributed by atoms with E-state index in [-0.39, 0.29) is 0 Å². The van der Waals surface area contributed by atoms with Crippen molar-refractivity contribution in [1.82, 2.24) is 15.5 Å². The first kappa shape index (κ1) is 13.9. The van der Waals surface area contributed by atoms with Gasteiger partial charge in [-0.1, -0.05) is 38.1 Å². The maximum Gasteiger partial charge on any atom is 0.0755 e. The lowest BCUT2D eigenvalue weighted by Crippen LogP contribution is -2.32. The predicted molar refractivity (Wildman–Crippen MR) is 80.4 cm³/mol. The van der Waals surface area contributed by atoms with Crippen LogP contribution in [0.5, 0.6) is 0 Å². The van der Waals surface area contributed by atoms with Crippen LogP contribution < -0.4 is 5.32 Å². The minimum Gasteiger partial charge on any atom is -0.314 e. The Kier molecular flexibility index (Phi) is 4.48. The molecule has 0 amide bonds. The van der Waals surface area contributed by atoms with Crippen LogP contribution in [0.25, 0.3) is 10.8 Å². The van der Waals surface area contributed by atoms with Gasteiger partial charge in [0.15, 0.2) is 0 Å². The van der Waals surface area contributed by atoms with Crippen LogP contribution in [0.2, 0.25) is 0 Å². The first-order valence-electron chi connectivity index (χ1n) is 7.14. The molecule has 0 aliphatic rings. The summed E-state index contributed by atoms with van der Waals surface area (Å²) in [5.41, 5.74) is 2.13. The van der Waals surface area contributed by atoms with Crippen LogP contribution in [0, 0.1) is 6.92 Å². The molecule has 0 radical (unpaired) electrons. The van der Waals surface area contributed by atoms with Crippen molar-refractivity contribution in [2.45, 2.75) is 46.1 Å². The van der Waals surface area contributed by atoms with Crippen molar-refractivity contribution in [2.75, 3.05) is 6.54 Å². The molecule has 0 saturated heterocycles. The summed E-state index contributed by atoms with van der Waals surface area (Å²) in [6.45, 7) is 9.59. The van der Waals surface area contributed by atoms with Crippen LogP contribution in [0.1, 0.15) is 44.5 Å². The average Bonchev–Trinajstić information content (AvgIpc) is 2.43. The molecule has 0 aliphatic carbocycles. The highest BCUT2D eigenvalue weighted by atomic mass is 15.1. The van der Waals surface area contributed by atoms with Crippen LogP contribution in [-0.4, -0.2) is 22.8 Å². The number of hydrogen-bond donors (Lipinski definition) is 1. The molecule has 3 nitrogen and oxygen atoms in total. The molecule has 0 saturated carbocycles. The summed E-state index contributed by atoms with van der Waals surface area (Å²) in [6, 6.07) is 8.85. The molecular formula is C16H23N3. The summed E-state index contributed by atoms with van der Waals surface area (Å²) in [4.78, 5) is 0. The van der Waals surface area contributed by atoms with Crippen LogP contribution in [0.3, 0.4) is 0 Å². The van der Waals surface area contributed by atoms with E-state index in [0.29, 0.717) is 12.0 Å². The van der Waals surface area contributed by atoms with Gasteiger partial charge in [-0.2, -0.15) is 10.2 Å². The normalized spacial score (nSPS) is 14.5. The average molecular weight is 257 g/mol. The van der Waals surface area contributed by atoms with Gasteiger partial charge < -0.3 is 5.32 Å². The minimum atomic E-state index is 0.401. The number of nitrogens with one attached hydrogen (secondary N) is 1. The van der Waals surface area contributed by atoms with Gasteiger partial charge in [0, 0.05) is 22.7 Å². The third-order valence-electron chi connectivity index (χ3n) is 3.82. The molecule has 2 rings (SSSR count). The first-order chi connectivity index (χ1) is 9.19. The summed E-state index contributed by atoms with van der Waals surface area (Å²) >= 11 is 0. The van der Waals surface area contributed by atoms with Gasteiger partial charge in [0.1, 0.15) is 0 Å². The van der Waals surface area contributed by atoms with E-state index in [1.165, 1.54) is 10.8 Å². The minimum absolute atomic E-state index is 0.401. The van der Waals surface area contributed by atoms with Gasteiger partial charge in [0.2, 0.25) is 0 Å². The Hall–Kier alpha value is -1.48. The Balaban J connectivity index is 2.52. The topological polar surface area (TPSA) is 37.8 Å². The van der Waals surface area contributed by atoms with E-state index in [2.05, 4.69) is 60.6 Å². The molecule has 0 bridgehead atoms. The highest BCUT2D eigenvalue weighted by Crippen LogP contribution is 2.28. The Morgan fingerprint density at radius 2 is 1.79 bits per heavy atom. The number of aromatic nitrogens is 2. The van der Waals surface area contributed by atoms with Gasteiger partial charge >= 0.3 is 0 Å². The first-order valence-corrected chi connectivity index (χ1v) is 7.14. The maximum absolute atomic E-state index is 4.49. The fraction of sp³-hybridized carbons (Fsp3) is 0.500. The van der Waals surface area contributed by atoms with Crippen molar-refractivity contribution < 1.29 is 0 Å². The summed E-state index contributed by atoms with van der Waals surface area (Å²) < 4.78 is 0. The molecule has 2 aromatic rings. The zero-order valence-corrected chi connectivity index (χ0v) is 12.3. The number of rotatable bonds is 5. The van der Waals surface area contributed by atoms with Crippen molar-refractivity contribution in [3.8, 4) is 0 Å². The Morgan fingerprint density at radius 1 is 1.11 bits per heavy atom. The molecule has 1 aromatic carbocycles. The van der Waals surface area contributed by atoms with Crippen molar-refractivity contribution in [3.05, 3.63) is 35.7 Å². The lowest BCUT2D eigenvalue weighted by Gasteiger charge is -2.24. The summed E-state index contributed by atoms with van der Waals surface area (Å²) in [5.74, 6) is 0.401. The quantitative estimate of drug-likeness (QED) is 0.891. The van der Waals surface area contributed by atoms with E-state index >= 15 is 0 Å². The smallest absolute Gasteiger partial charge is 0.0755 e. The molecule has 0 fully saturated rings. The zero-order valence-electron chi connectivity index (χ0n) is 12.3. The molecule has 102 valence electrons. The highest BCUT2D eigenvalue weighted by Gasteiger charge is 2.21. The van der Waals surface area contributed by atoms with E-state index in [9.17, 15) is 0 Å². The van der Waals surface area contributed by atoms with Crippen LogP contribution in [0.4, 0.5) is 0 Å². The van der Waals surface area contributed by atoms with E-state index in [0.717, 1.165) is 24.4 Å². The molecule has 2 unspecified atom stereocenters. The van der Waals surface area contributed by atoms with Crippen molar-refractivity contribution in [2.24, 2.45) is 0 Å². The fourth-order valence-corrected chi connectivity index (χ4v) is 2.78. The van der Waals surface area contributed by atoms with Crippen LogP contribution >= 0.6 is 0 Å². The number of aryl methyl sites for hydroxylation is 1. The second-order valence-corrected chi connectivity index (χ2v) is 5.08. The Morgan fingerprint density at radius 3 is 2.42 bits per heavy atom. The fourth-order valence-electron chi connectivity index (χ4n) is 2.78. The molecule has 19 heavy (non-hydrogen) atoms. The summed E-state index contributed by atoms with van der Waals surface area (Å²) in [6.07, 6.45) is 1.07. The molecule has 2 atom stereocenters. The third-order valence-corrected chi connectivity index (χ3v) is 3.82. The van der Waals surface area contributed by atoms with Gasteiger partial charge in [-0.3, -0.25) is 0 Å². The number of hydrogen-bond acceptors (Lipinski definition) is 3. The van der Waals surface area contributed by atoms with E-state index < -0.39 is 0 Å². The molecular weight excluding hydrogens is 234 g/mol. The van der Waals surface area contributed by atoms with E-state index in [1.807, 2.05) is 6.92 Å². The van der Waals surface area contributed by atoms with Crippen LogP contribution in [0.15, 0.2) is 24.3 Å². The summed E-state index contributed by atoms with van der Waals surface area (Å²) in [7, 11) is 0. The molecule has 3 heteroatoms. The van der Waals surface area contributed by atoms with Crippen molar-refractivity contribution in [1.29, 1.82) is 0 Å². The second kappa shape index (κ2) is 6.11. The number of nitrogens with zero attached hydrogens (tertiary/aromatic N) is 2. The maximum atomic E-state index is 4.49. The van der Waals surface area contributed by atoms with Gasteiger partial charge in [-0.25, -0.2) is 0 Å². The van der Waals surface area contributed by atoms with Gasteiger partial charge in [-0.15, -0.1) is 0 Å². The molecule has 1 heterocycles. The monoisotopic (exact) mass is 257 g/mol. The van der Waals surface area contributed by atoms with Gasteiger partial charge in [0.25, 0.3) is 0 Å². The molecule has 1 N–H and O–H groups in total. The van der Waals surface area contributed by atoms with Crippen molar-refractivity contribution in [3.63, 3.8) is 0 Å². The lowest BCUT2D eigenvalue weighted by molar-refractivity contribution is 0.452. The largest absolute Gasteiger partial charge is 0.314 e. The standard InChI is InChI=1S/C16H23N3/c1-5-13(11(3)17-6-2)16-15-10-8-7-9-14(15)12(4)18-19-16/h7-11,13,17H,5-6H2,1-4H3. The number of fused-ring (bicyclic) bond motifs is 1. The van der Waals surface area contributed by atoms with E-state index in [1.54, 1.807) is 0 Å². The predicted octanol–water partition coefficient (Wildman–Crippen LogP) is 3.43. The van der Waals surface area contributed by atoms with Gasteiger partial charge in [0.05, 0.1) is 11.4 Å². The number of benzene rings is 1. The highest BCUT2D eigenvalue weighted by molar-refractivity contribution is 5.86. The molecule has 0 aliphatic heterocycles. The third kappa shape index (κ3) is 2.76. The lowest BCUT2D eigenvalue weighted by atomic mass is 9.91. The molecule has 1 aromatic heterocycles.